The first kappa shape index (κ1) is 15.2. The van der Waals surface area contributed by atoms with E-state index >= 15 is 0 Å². The molecule has 2 unspecified atom stereocenters. The fraction of sp³-hybridized carbons (Fsp3) is 0.389. The largest absolute Gasteiger partial charge is 0.393 e. The third kappa shape index (κ3) is 2.90. The molecule has 1 amide bonds. The van der Waals surface area contributed by atoms with E-state index in [1.165, 1.54) is 0 Å². The van der Waals surface area contributed by atoms with Crippen molar-refractivity contribution in [3.05, 3.63) is 54.6 Å². The lowest BCUT2D eigenvalue weighted by Crippen LogP contribution is -2.50. The standard InChI is InChI=1S/C18H19N3O3/c22-14-10-16(24-18(11-14)6-7-18)21(13-4-3-8-19-12-13)17(23)15-5-1-2-9-20-15/h1-5,8-9,12,14,16,22H,6-7,10-11H2. The summed E-state index contributed by atoms with van der Waals surface area (Å²) in [5.74, 6) is -0.251. The average Bonchev–Trinajstić information content (AvgIpc) is 3.34. The number of aliphatic hydroxyl groups is 1. The molecule has 0 aromatic carbocycles. The Morgan fingerprint density at radius 1 is 1.25 bits per heavy atom. The van der Waals surface area contributed by atoms with Crippen LogP contribution in [0, 0.1) is 0 Å². The van der Waals surface area contributed by atoms with Crippen LogP contribution in [0.15, 0.2) is 48.9 Å². The van der Waals surface area contributed by atoms with Crippen LogP contribution in [0.2, 0.25) is 0 Å². The summed E-state index contributed by atoms with van der Waals surface area (Å²) in [4.78, 5) is 22.9. The van der Waals surface area contributed by atoms with Gasteiger partial charge in [0.1, 0.15) is 11.9 Å². The van der Waals surface area contributed by atoms with Crippen molar-refractivity contribution in [2.75, 3.05) is 4.90 Å². The number of rotatable bonds is 3. The predicted molar refractivity (Wildman–Crippen MR) is 87.4 cm³/mol. The van der Waals surface area contributed by atoms with Gasteiger partial charge in [-0.2, -0.15) is 0 Å². The molecule has 6 heteroatoms. The second-order valence-electron chi connectivity index (χ2n) is 6.45. The van der Waals surface area contributed by atoms with Crippen LogP contribution in [-0.4, -0.2) is 38.9 Å². The van der Waals surface area contributed by atoms with Gasteiger partial charge >= 0.3 is 0 Å². The summed E-state index contributed by atoms with van der Waals surface area (Å²) in [6.07, 6.45) is 6.77. The molecular formula is C18H19N3O3. The highest BCUT2D eigenvalue weighted by molar-refractivity contribution is 6.04. The molecule has 2 atom stereocenters. The van der Waals surface area contributed by atoms with E-state index in [0.717, 1.165) is 12.8 Å². The number of amides is 1. The van der Waals surface area contributed by atoms with E-state index in [4.69, 9.17) is 4.74 Å². The summed E-state index contributed by atoms with van der Waals surface area (Å²) in [5.41, 5.74) is 0.714. The summed E-state index contributed by atoms with van der Waals surface area (Å²) in [7, 11) is 0. The minimum Gasteiger partial charge on any atom is -0.393 e. The predicted octanol–water partition coefficient (Wildman–Crippen LogP) is 2.15. The van der Waals surface area contributed by atoms with Gasteiger partial charge in [0.15, 0.2) is 0 Å². The average molecular weight is 325 g/mol. The van der Waals surface area contributed by atoms with Gasteiger partial charge in [-0.3, -0.25) is 19.7 Å². The number of carbonyl (C=O) groups excluding carboxylic acids is 1. The lowest BCUT2D eigenvalue weighted by molar-refractivity contribution is -0.108. The van der Waals surface area contributed by atoms with Gasteiger partial charge < -0.3 is 9.84 Å². The van der Waals surface area contributed by atoms with Crippen LogP contribution in [-0.2, 0) is 4.74 Å². The number of anilines is 1. The minimum atomic E-state index is -0.519. The fourth-order valence-electron chi connectivity index (χ4n) is 3.27. The van der Waals surface area contributed by atoms with E-state index in [1.54, 1.807) is 47.8 Å². The molecule has 1 aliphatic carbocycles. The van der Waals surface area contributed by atoms with Crippen molar-refractivity contribution in [3.63, 3.8) is 0 Å². The SMILES string of the molecule is O=C(c1ccccn1)N(c1cccnc1)C1CC(O)CC2(CC2)O1. The second kappa shape index (κ2) is 5.96. The van der Waals surface area contributed by atoms with E-state index in [9.17, 15) is 9.90 Å². The van der Waals surface area contributed by atoms with E-state index in [0.29, 0.717) is 24.2 Å². The van der Waals surface area contributed by atoms with Gasteiger partial charge in [-0.25, -0.2) is 0 Å². The maximum absolute atomic E-state index is 13.1. The Bertz CT molecular complexity index is 719. The van der Waals surface area contributed by atoms with Crippen molar-refractivity contribution < 1.29 is 14.6 Å². The highest BCUT2D eigenvalue weighted by Gasteiger charge is 2.52. The summed E-state index contributed by atoms with van der Waals surface area (Å²) < 4.78 is 6.20. The number of nitrogens with zero attached hydrogens (tertiary/aromatic N) is 3. The second-order valence-corrected chi connectivity index (χ2v) is 6.45. The van der Waals surface area contributed by atoms with E-state index in [1.807, 2.05) is 6.07 Å². The first-order chi connectivity index (χ1) is 11.7. The molecular weight excluding hydrogens is 306 g/mol. The number of carbonyl (C=O) groups is 1. The zero-order valence-corrected chi connectivity index (χ0v) is 13.2. The van der Waals surface area contributed by atoms with Crippen LogP contribution in [0.4, 0.5) is 5.69 Å². The van der Waals surface area contributed by atoms with Crippen molar-refractivity contribution in [2.24, 2.45) is 0 Å². The van der Waals surface area contributed by atoms with Gasteiger partial charge in [-0.1, -0.05) is 6.07 Å². The third-order valence-corrected chi connectivity index (χ3v) is 4.59. The maximum Gasteiger partial charge on any atom is 0.279 e. The number of hydrogen-bond acceptors (Lipinski definition) is 5. The minimum absolute atomic E-state index is 0.251. The van der Waals surface area contributed by atoms with Crippen molar-refractivity contribution in [1.82, 2.24) is 9.97 Å². The number of aromatic nitrogens is 2. The maximum atomic E-state index is 13.1. The first-order valence-corrected chi connectivity index (χ1v) is 8.17. The fourth-order valence-corrected chi connectivity index (χ4v) is 3.27. The van der Waals surface area contributed by atoms with Crippen LogP contribution >= 0.6 is 0 Å². The molecule has 0 bridgehead atoms. The molecule has 2 aromatic rings. The molecule has 0 radical (unpaired) electrons. The van der Waals surface area contributed by atoms with Crippen LogP contribution < -0.4 is 4.90 Å². The highest BCUT2D eigenvalue weighted by Crippen LogP contribution is 2.49. The zero-order chi connectivity index (χ0) is 16.6. The number of aliphatic hydroxyl groups excluding tert-OH is 1. The van der Waals surface area contributed by atoms with Gasteiger partial charge in [-0.05, 0) is 37.1 Å². The van der Waals surface area contributed by atoms with Gasteiger partial charge in [0.2, 0.25) is 0 Å². The number of pyridine rings is 2. The molecule has 3 heterocycles. The lowest BCUT2D eigenvalue weighted by atomic mass is 10.0. The summed E-state index contributed by atoms with van der Waals surface area (Å²) >= 11 is 0. The van der Waals surface area contributed by atoms with Crippen LogP contribution in [0.25, 0.3) is 0 Å². The topological polar surface area (TPSA) is 75.6 Å². The Hall–Kier alpha value is -2.31. The molecule has 1 saturated carbocycles. The lowest BCUT2D eigenvalue weighted by Gasteiger charge is -2.39. The summed E-state index contributed by atoms with van der Waals surface area (Å²) in [6, 6.07) is 8.82. The molecule has 124 valence electrons. The van der Waals surface area contributed by atoms with E-state index in [-0.39, 0.29) is 11.5 Å². The Kier molecular flexibility index (Phi) is 3.78. The Morgan fingerprint density at radius 2 is 2.12 bits per heavy atom. The van der Waals surface area contributed by atoms with Gasteiger partial charge in [0.05, 0.1) is 23.6 Å². The number of hydrogen-bond donors (Lipinski definition) is 1. The molecule has 6 nitrogen and oxygen atoms in total. The van der Waals surface area contributed by atoms with Gasteiger partial charge in [-0.15, -0.1) is 0 Å². The summed E-state index contributed by atoms with van der Waals surface area (Å²) in [5, 5.41) is 10.3. The molecule has 1 saturated heterocycles. The molecule has 4 rings (SSSR count). The van der Waals surface area contributed by atoms with Crippen molar-refractivity contribution in [3.8, 4) is 0 Å². The molecule has 2 fully saturated rings. The Morgan fingerprint density at radius 3 is 2.79 bits per heavy atom. The summed E-state index contributed by atoms with van der Waals surface area (Å²) in [6.45, 7) is 0. The third-order valence-electron chi connectivity index (χ3n) is 4.59. The molecule has 1 aliphatic heterocycles. The molecule has 24 heavy (non-hydrogen) atoms. The Balaban J connectivity index is 1.69. The smallest absolute Gasteiger partial charge is 0.279 e. The zero-order valence-electron chi connectivity index (χ0n) is 13.2. The molecule has 2 aliphatic rings. The van der Waals surface area contributed by atoms with Crippen molar-refractivity contribution in [1.29, 1.82) is 0 Å². The quantitative estimate of drug-likeness (QED) is 0.936. The van der Waals surface area contributed by atoms with Crippen LogP contribution in [0.5, 0.6) is 0 Å². The van der Waals surface area contributed by atoms with Gasteiger partial charge in [0, 0.05) is 25.2 Å². The van der Waals surface area contributed by atoms with Crippen LogP contribution in [0.1, 0.15) is 36.2 Å². The molecule has 2 aromatic heterocycles. The highest BCUT2D eigenvalue weighted by atomic mass is 16.5. The van der Waals surface area contributed by atoms with Crippen LogP contribution in [0.3, 0.4) is 0 Å². The monoisotopic (exact) mass is 325 g/mol. The van der Waals surface area contributed by atoms with Crippen molar-refractivity contribution >= 4 is 11.6 Å². The van der Waals surface area contributed by atoms with Gasteiger partial charge in [0.25, 0.3) is 5.91 Å². The van der Waals surface area contributed by atoms with E-state index in [2.05, 4.69) is 9.97 Å². The van der Waals surface area contributed by atoms with Crippen molar-refractivity contribution in [2.45, 2.75) is 43.6 Å². The molecule has 1 N–H and O–H groups in total. The molecule has 1 spiro atoms. The van der Waals surface area contributed by atoms with E-state index < -0.39 is 12.3 Å². The number of ether oxygens (including phenoxy) is 1. The normalized spacial score (nSPS) is 24.5. The Labute approximate surface area is 140 Å². The first-order valence-electron chi connectivity index (χ1n) is 8.17.